The highest BCUT2D eigenvalue weighted by molar-refractivity contribution is 5.37. The van der Waals surface area contributed by atoms with Crippen molar-refractivity contribution in [2.24, 2.45) is 0 Å². The van der Waals surface area contributed by atoms with Crippen LogP contribution in [-0.2, 0) is 5.41 Å². The van der Waals surface area contributed by atoms with E-state index in [2.05, 4.69) is 65.7 Å². The van der Waals surface area contributed by atoms with E-state index in [1.807, 2.05) is 0 Å². The van der Waals surface area contributed by atoms with Crippen molar-refractivity contribution in [2.75, 3.05) is 26.2 Å². The summed E-state index contributed by atoms with van der Waals surface area (Å²) < 4.78 is 0. The second kappa shape index (κ2) is 5.22. The number of benzene rings is 1. The molecule has 1 atom stereocenters. The first-order chi connectivity index (χ1) is 9.28. The summed E-state index contributed by atoms with van der Waals surface area (Å²) in [5.41, 5.74) is 2.95. The quantitative estimate of drug-likeness (QED) is 0.873. The molecule has 1 aliphatic heterocycles. The van der Waals surface area contributed by atoms with Crippen molar-refractivity contribution in [3.05, 3.63) is 59.8 Å². The van der Waals surface area contributed by atoms with E-state index in [0.29, 0.717) is 0 Å². The molecule has 0 aromatic heterocycles. The Morgan fingerprint density at radius 2 is 1.84 bits per heavy atom. The van der Waals surface area contributed by atoms with Crippen LogP contribution in [0.2, 0.25) is 0 Å². The second-order valence-electron chi connectivity index (χ2n) is 5.69. The zero-order valence-electron chi connectivity index (χ0n) is 11.6. The van der Waals surface area contributed by atoms with Gasteiger partial charge < -0.3 is 10.2 Å². The molecule has 0 amide bonds. The summed E-state index contributed by atoms with van der Waals surface area (Å²) in [6, 6.07) is 10.8. The number of hydrogen-bond donors (Lipinski definition) is 1. The van der Waals surface area contributed by atoms with Crippen LogP contribution in [0.5, 0.6) is 0 Å². The number of allylic oxidation sites excluding steroid dienone is 3. The first-order valence-electron chi connectivity index (χ1n) is 7.19. The number of hydrogen-bond acceptors (Lipinski definition) is 2. The van der Waals surface area contributed by atoms with Gasteiger partial charge in [0, 0.05) is 37.3 Å². The molecule has 1 saturated heterocycles. The second-order valence-corrected chi connectivity index (χ2v) is 5.69. The van der Waals surface area contributed by atoms with Gasteiger partial charge in [0.25, 0.3) is 0 Å². The first kappa shape index (κ1) is 12.5. The molecule has 1 unspecified atom stereocenters. The van der Waals surface area contributed by atoms with Crippen molar-refractivity contribution >= 4 is 0 Å². The van der Waals surface area contributed by atoms with Gasteiger partial charge >= 0.3 is 0 Å². The lowest BCUT2D eigenvalue weighted by Crippen LogP contribution is -2.43. The molecule has 2 aliphatic rings. The van der Waals surface area contributed by atoms with E-state index in [9.17, 15) is 0 Å². The minimum absolute atomic E-state index is 0.152. The maximum Gasteiger partial charge on any atom is 0.0324 e. The number of rotatable bonds is 2. The molecule has 2 nitrogen and oxygen atoms in total. The Labute approximate surface area is 115 Å². The van der Waals surface area contributed by atoms with Crippen molar-refractivity contribution in [1.29, 1.82) is 0 Å². The lowest BCUT2D eigenvalue weighted by molar-refractivity contribution is 0.303. The molecule has 0 spiro atoms. The van der Waals surface area contributed by atoms with Crippen LogP contribution in [0.25, 0.3) is 0 Å². The highest BCUT2D eigenvalue weighted by Crippen LogP contribution is 2.34. The lowest BCUT2D eigenvalue weighted by atomic mass is 9.77. The Kier molecular flexibility index (Phi) is 3.43. The van der Waals surface area contributed by atoms with E-state index in [1.165, 1.54) is 11.3 Å². The predicted molar refractivity (Wildman–Crippen MR) is 80.1 cm³/mol. The molecule has 100 valence electrons. The monoisotopic (exact) mass is 254 g/mol. The van der Waals surface area contributed by atoms with E-state index in [-0.39, 0.29) is 5.41 Å². The van der Waals surface area contributed by atoms with Crippen molar-refractivity contribution in [2.45, 2.75) is 18.8 Å². The summed E-state index contributed by atoms with van der Waals surface area (Å²) in [5.74, 6) is 0. The van der Waals surface area contributed by atoms with Crippen LogP contribution in [0, 0.1) is 0 Å². The van der Waals surface area contributed by atoms with Gasteiger partial charge in [-0.3, -0.25) is 0 Å². The van der Waals surface area contributed by atoms with E-state index in [4.69, 9.17) is 0 Å². The smallest absolute Gasteiger partial charge is 0.0324 e. The maximum absolute atomic E-state index is 3.40. The lowest BCUT2D eigenvalue weighted by Gasteiger charge is -2.35. The zero-order chi connectivity index (χ0) is 13.1. The van der Waals surface area contributed by atoms with Crippen LogP contribution in [0.1, 0.15) is 18.9 Å². The van der Waals surface area contributed by atoms with Crippen LogP contribution >= 0.6 is 0 Å². The molecule has 0 radical (unpaired) electrons. The molecule has 0 saturated carbocycles. The number of nitrogens with one attached hydrogen (secondary N) is 1. The van der Waals surface area contributed by atoms with Gasteiger partial charge in [0.15, 0.2) is 0 Å². The largest absolute Gasteiger partial charge is 0.369 e. The number of piperazine rings is 1. The highest BCUT2D eigenvalue weighted by atomic mass is 15.2. The van der Waals surface area contributed by atoms with Gasteiger partial charge in [-0.05, 0) is 18.1 Å². The van der Waals surface area contributed by atoms with Crippen molar-refractivity contribution in [3.8, 4) is 0 Å². The van der Waals surface area contributed by atoms with Gasteiger partial charge in [-0.1, -0.05) is 49.4 Å². The van der Waals surface area contributed by atoms with Crippen molar-refractivity contribution in [3.63, 3.8) is 0 Å². The minimum atomic E-state index is 0.152. The van der Waals surface area contributed by atoms with Gasteiger partial charge in [0.2, 0.25) is 0 Å². The fourth-order valence-electron chi connectivity index (χ4n) is 2.91. The molecular weight excluding hydrogens is 232 g/mol. The predicted octanol–water partition coefficient (Wildman–Crippen LogP) is 2.69. The van der Waals surface area contributed by atoms with Crippen LogP contribution in [-0.4, -0.2) is 31.1 Å². The maximum atomic E-state index is 3.40. The standard InChI is InChI=1S/C17H22N2/c1-17(15-5-3-2-4-6-15)9-7-16(8-10-17)19-13-11-18-12-14-19/h2-9,18H,10-14H2,1H3. The van der Waals surface area contributed by atoms with Gasteiger partial charge in [0.1, 0.15) is 0 Å². The minimum Gasteiger partial charge on any atom is -0.369 e. The third-order valence-electron chi connectivity index (χ3n) is 4.27. The summed E-state index contributed by atoms with van der Waals surface area (Å²) in [7, 11) is 0. The highest BCUT2D eigenvalue weighted by Gasteiger charge is 2.26. The summed E-state index contributed by atoms with van der Waals surface area (Å²) in [6.07, 6.45) is 8.17. The molecule has 1 aromatic carbocycles. The Balaban J connectivity index is 1.75. The summed E-state index contributed by atoms with van der Waals surface area (Å²) in [5, 5.41) is 3.40. The fourth-order valence-corrected chi connectivity index (χ4v) is 2.91. The Hall–Kier alpha value is -1.54. The van der Waals surface area contributed by atoms with Crippen LogP contribution in [0.15, 0.2) is 54.3 Å². The average Bonchev–Trinajstić information content (AvgIpc) is 2.50. The van der Waals surface area contributed by atoms with E-state index < -0.39 is 0 Å². The molecule has 1 heterocycles. The third-order valence-corrected chi connectivity index (χ3v) is 4.27. The van der Waals surface area contributed by atoms with Crippen LogP contribution < -0.4 is 5.32 Å². The molecule has 1 fully saturated rings. The van der Waals surface area contributed by atoms with Crippen LogP contribution in [0.3, 0.4) is 0 Å². The van der Waals surface area contributed by atoms with Crippen LogP contribution in [0.4, 0.5) is 0 Å². The zero-order valence-corrected chi connectivity index (χ0v) is 11.6. The Morgan fingerprint density at radius 3 is 2.47 bits per heavy atom. The molecular formula is C17H22N2. The molecule has 1 aliphatic carbocycles. The molecule has 3 rings (SSSR count). The first-order valence-corrected chi connectivity index (χ1v) is 7.19. The Morgan fingerprint density at radius 1 is 1.11 bits per heavy atom. The molecule has 19 heavy (non-hydrogen) atoms. The van der Waals surface area contributed by atoms with Gasteiger partial charge in [-0.25, -0.2) is 0 Å². The molecule has 1 aromatic rings. The summed E-state index contributed by atoms with van der Waals surface area (Å²) >= 11 is 0. The summed E-state index contributed by atoms with van der Waals surface area (Å²) in [4.78, 5) is 2.48. The summed E-state index contributed by atoms with van der Waals surface area (Å²) in [6.45, 7) is 6.77. The average molecular weight is 254 g/mol. The normalized spacial score (nSPS) is 27.2. The molecule has 1 N–H and O–H groups in total. The van der Waals surface area contributed by atoms with E-state index in [1.54, 1.807) is 0 Å². The Bertz CT molecular complexity index is 483. The molecule has 0 bridgehead atoms. The van der Waals surface area contributed by atoms with Gasteiger partial charge in [-0.15, -0.1) is 0 Å². The fraction of sp³-hybridized carbons (Fsp3) is 0.412. The van der Waals surface area contributed by atoms with E-state index >= 15 is 0 Å². The van der Waals surface area contributed by atoms with Crippen molar-refractivity contribution in [1.82, 2.24) is 10.2 Å². The van der Waals surface area contributed by atoms with E-state index in [0.717, 1.165) is 32.6 Å². The van der Waals surface area contributed by atoms with Gasteiger partial charge in [0.05, 0.1) is 0 Å². The number of nitrogens with zero attached hydrogens (tertiary/aromatic N) is 1. The third kappa shape index (κ3) is 2.59. The van der Waals surface area contributed by atoms with Crippen molar-refractivity contribution < 1.29 is 0 Å². The SMILES string of the molecule is CC1(c2ccccc2)C=CC(N2CCNCC2)=CC1. The topological polar surface area (TPSA) is 15.3 Å². The van der Waals surface area contributed by atoms with Gasteiger partial charge in [-0.2, -0.15) is 0 Å². The molecule has 2 heteroatoms.